The van der Waals surface area contributed by atoms with Gasteiger partial charge < -0.3 is 14.7 Å². The van der Waals surface area contributed by atoms with E-state index in [2.05, 4.69) is 41.6 Å². The molecule has 146 valence electrons. The van der Waals surface area contributed by atoms with Crippen LogP contribution in [0.25, 0.3) is 0 Å². The van der Waals surface area contributed by atoms with Crippen molar-refractivity contribution in [1.29, 1.82) is 0 Å². The highest BCUT2D eigenvalue weighted by molar-refractivity contribution is 5.38. The maximum Gasteiger partial charge on any atom is 0.128 e. The van der Waals surface area contributed by atoms with E-state index in [1.54, 1.807) is 0 Å². The molecule has 1 aromatic rings. The number of aromatic nitrogens is 1. The predicted molar refractivity (Wildman–Crippen MR) is 105 cm³/mol. The lowest BCUT2D eigenvalue weighted by molar-refractivity contribution is -0.0615. The number of nitrogens with zero attached hydrogens (tertiary/aromatic N) is 3. The third-order valence-corrected chi connectivity index (χ3v) is 5.69. The van der Waals surface area contributed by atoms with Crippen molar-refractivity contribution in [3.05, 3.63) is 24.4 Å². The van der Waals surface area contributed by atoms with Crippen molar-refractivity contribution in [2.75, 3.05) is 44.2 Å². The maximum absolute atomic E-state index is 10.4. The highest BCUT2D eigenvalue weighted by Gasteiger charge is 2.32. The second-order valence-corrected chi connectivity index (χ2v) is 9.00. The molecule has 0 amide bonds. The molecule has 1 aromatic heterocycles. The summed E-state index contributed by atoms with van der Waals surface area (Å²) in [6, 6.07) is 6.04. The molecule has 2 heterocycles. The second-order valence-electron chi connectivity index (χ2n) is 9.00. The van der Waals surface area contributed by atoms with Gasteiger partial charge in [0.25, 0.3) is 0 Å². The first kappa shape index (κ1) is 19.6. The zero-order valence-corrected chi connectivity index (χ0v) is 16.6. The molecule has 0 bridgehead atoms. The number of β-amino-alcohol motifs (C(OH)–C–C–N with tert-alkyl or cyclic N) is 1. The molecule has 0 unspecified atom stereocenters. The van der Waals surface area contributed by atoms with Gasteiger partial charge in [-0.3, -0.25) is 4.90 Å². The Kier molecular flexibility index (Phi) is 6.54. The van der Waals surface area contributed by atoms with E-state index in [1.807, 2.05) is 18.3 Å². The number of ether oxygens (including phenoxy) is 1. The molecule has 1 saturated carbocycles. The number of rotatable bonds is 6. The molecule has 1 aliphatic carbocycles. The molecule has 3 rings (SSSR count). The van der Waals surface area contributed by atoms with Gasteiger partial charge in [0.1, 0.15) is 5.82 Å². The van der Waals surface area contributed by atoms with Crippen LogP contribution < -0.4 is 4.90 Å². The van der Waals surface area contributed by atoms with Crippen molar-refractivity contribution in [3.8, 4) is 0 Å². The van der Waals surface area contributed by atoms with E-state index in [-0.39, 0.29) is 0 Å². The number of hydrogen-bond acceptors (Lipinski definition) is 5. The summed E-state index contributed by atoms with van der Waals surface area (Å²) in [6.45, 7) is 12.0. The molecular formula is C21H35N3O2. The number of anilines is 1. The summed E-state index contributed by atoms with van der Waals surface area (Å²) >= 11 is 0. The summed E-state index contributed by atoms with van der Waals surface area (Å²) < 4.78 is 6.09. The van der Waals surface area contributed by atoms with Crippen molar-refractivity contribution in [3.63, 3.8) is 0 Å². The van der Waals surface area contributed by atoms with Crippen molar-refractivity contribution in [2.24, 2.45) is 11.3 Å². The van der Waals surface area contributed by atoms with E-state index >= 15 is 0 Å². The molecule has 0 spiro atoms. The molecule has 1 N–H and O–H groups in total. The van der Waals surface area contributed by atoms with Crippen LogP contribution >= 0.6 is 0 Å². The van der Waals surface area contributed by atoms with Gasteiger partial charge in [0.05, 0.1) is 18.8 Å². The highest BCUT2D eigenvalue weighted by Crippen LogP contribution is 2.39. The molecule has 0 aromatic carbocycles. The van der Waals surface area contributed by atoms with Crippen molar-refractivity contribution < 1.29 is 9.84 Å². The molecule has 1 saturated heterocycles. The van der Waals surface area contributed by atoms with E-state index < -0.39 is 6.10 Å². The highest BCUT2D eigenvalue weighted by atomic mass is 16.5. The number of piperazine rings is 1. The van der Waals surface area contributed by atoms with Crippen molar-refractivity contribution in [2.45, 2.75) is 52.2 Å². The second kappa shape index (κ2) is 8.68. The van der Waals surface area contributed by atoms with Crippen LogP contribution in [0.15, 0.2) is 24.4 Å². The Morgan fingerprint density at radius 3 is 2.65 bits per heavy atom. The largest absolute Gasteiger partial charge is 0.389 e. The van der Waals surface area contributed by atoms with Crippen LogP contribution in [0.5, 0.6) is 0 Å². The summed E-state index contributed by atoms with van der Waals surface area (Å²) in [5, 5.41) is 10.4. The fourth-order valence-corrected chi connectivity index (χ4v) is 4.68. The third kappa shape index (κ3) is 5.66. The molecule has 2 fully saturated rings. The zero-order chi connectivity index (χ0) is 18.6. The van der Waals surface area contributed by atoms with Gasteiger partial charge in [-0.2, -0.15) is 0 Å². The Bertz CT molecular complexity index is 543. The molecule has 5 nitrogen and oxygen atoms in total. The molecule has 3 atom stereocenters. The van der Waals surface area contributed by atoms with Crippen LogP contribution in [0.3, 0.4) is 0 Å². The number of aliphatic hydroxyl groups is 1. The van der Waals surface area contributed by atoms with Crippen molar-refractivity contribution in [1.82, 2.24) is 9.88 Å². The normalized spacial score (nSPS) is 28.1. The minimum Gasteiger partial charge on any atom is -0.389 e. The Labute approximate surface area is 158 Å². The molecule has 0 radical (unpaired) electrons. The first-order chi connectivity index (χ1) is 12.4. The number of aliphatic hydroxyl groups excluding tert-OH is 1. The zero-order valence-electron chi connectivity index (χ0n) is 16.6. The van der Waals surface area contributed by atoms with Crippen LogP contribution in [0.2, 0.25) is 0 Å². The van der Waals surface area contributed by atoms with E-state index in [0.29, 0.717) is 30.6 Å². The smallest absolute Gasteiger partial charge is 0.128 e. The Balaban J connectivity index is 1.37. The van der Waals surface area contributed by atoms with Gasteiger partial charge in [-0.1, -0.05) is 26.8 Å². The molecule has 2 aliphatic rings. The lowest BCUT2D eigenvalue weighted by Crippen LogP contribution is -2.49. The van der Waals surface area contributed by atoms with Crippen LogP contribution in [-0.4, -0.2) is 66.5 Å². The molecule has 5 heteroatoms. The minimum absolute atomic E-state index is 0.296. The van der Waals surface area contributed by atoms with Gasteiger partial charge in [-0.05, 0) is 42.7 Å². The minimum atomic E-state index is -0.406. The standard InChI is InChI=1S/C21H35N3O2/c1-17-12-19(14-21(2,3)13-17)26-16-18(25)15-23-8-10-24(11-9-23)20-6-4-5-7-22-20/h4-7,17-19,25H,8-16H2,1-3H3/t17-,18-,19-/m1/s1. The fourth-order valence-electron chi connectivity index (χ4n) is 4.68. The van der Waals surface area contributed by atoms with E-state index in [0.717, 1.165) is 44.8 Å². The Hall–Kier alpha value is -1.17. The van der Waals surface area contributed by atoms with Gasteiger partial charge >= 0.3 is 0 Å². The summed E-state index contributed by atoms with van der Waals surface area (Å²) in [5.41, 5.74) is 0.356. The number of pyridine rings is 1. The predicted octanol–water partition coefficient (Wildman–Crippen LogP) is 2.80. The van der Waals surface area contributed by atoms with Gasteiger partial charge in [0, 0.05) is 38.9 Å². The van der Waals surface area contributed by atoms with Gasteiger partial charge in [-0.25, -0.2) is 4.98 Å². The van der Waals surface area contributed by atoms with Crippen molar-refractivity contribution >= 4 is 5.82 Å². The SMILES string of the molecule is C[C@@H]1C[C@@H](OC[C@H](O)CN2CCN(c3ccccn3)CC2)CC(C)(C)C1. The first-order valence-electron chi connectivity index (χ1n) is 10.1. The van der Waals surface area contributed by atoms with E-state index in [9.17, 15) is 5.11 Å². The number of hydrogen-bond donors (Lipinski definition) is 1. The Morgan fingerprint density at radius 1 is 1.23 bits per heavy atom. The van der Waals surface area contributed by atoms with Crippen LogP contribution in [0.4, 0.5) is 5.82 Å². The fraction of sp³-hybridized carbons (Fsp3) is 0.762. The van der Waals surface area contributed by atoms with Gasteiger partial charge in [0.15, 0.2) is 0 Å². The van der Waals surface area contributed by atoms with Crippen LogP contribution in [-0.2, 0) is 4.74 Å². The average molecular weight is 362 g/mol. The summed E-state index contributed by atoms with van der Waals surface area (Å²) in [7, 11) is 0. The molecular weight excluding hydrogens is 326 g/mol. The van der Waals surface area contributed by atoms with Crippen LogP contribution in [0, 0.1) is 11.3 Å². The summed E-state index contributed by atoms with van der Waals surface area (Å²) in [4.78, 5) is 9.07. The topological polar surface area (TPSA) is 48.8 Å². The summed E-state index contributed by atoms with van der Waals surface area (Å²) in [6.07, 6.45) is 5.24. The monoisotopic (exact) mass is 361 g/mol. The van der Waals surface area contributed by atoms with Crippen LogP contribution in [0.1, 0.15) is 40.0 Å². The lowest BCUT2D eigenvalue weighted by atomic mass is 9.71. The third-order valence-electron chi connectivity index (χ3n) is 5.69. The molecule has 1 aliphatic heterocycles. The Morgan fingerprint density at radius 2 is 2.00 bits per heavy atom. The molecule has 26 heavy (non-hydrogen) atoms. The summed E-state index contributed by atoms with van der Waals surface area (Å²) in [5.74, 6) is 1.76. The average Bonchev–Trinajstić information content (AvgIpc) is 2.60. The quantitative estimate of drug-likeness (QED) is 0.844. The van der Waals surface area contributed by atoms with E-state index in [4.69, 9.17) is 4.74 Å². The van der Waals surface area contributed by atoms with Gasteiger partial charge in [-0.15, -0.1) is 0 Å². The first-order valence-corrected chi connectivity index (χ1v) is 10.1. The van der Waals surface area contributed by atoms with Gasteiger partial charge in [0.2, 0.25) is 0 Å². The van der Waals surface area contributed by atoms with E-state index in [1.165, 1.54) is 6.42 Å². The lowest BCUT2D eigenvalue weighted by Gasteiger charge is -2.39. The maximum atomic E-state index is 10.4.